The number of rotatable bonds is 6. The summed E-state index contributed by atoms with van der Waals surface area (Å²) in [7, 11) is 1.63. The summed E-state index contributed by atoms with van der Waals surface area (Å²) < 4.78 is 69.0. The molecule has 2 N–H and O–H groups in total. The molecule has 28 heavy (non-hydrogen) atoms. The summed E-state index contributed by atoms with van der Waals surface area (Å²) in [5.74, 6) is -7.06. The molecule has 0 aliphatic heterocycles. The fourth-order valence-corrected chi connectivity index (χ4v) is 4.04. The first-order valence-corrected chi connectivity index (χ1v) is 10.3. The Kier molecular flexibility index (Phi) is 7.23. The van der Waals surface area contributed by atoms with Crippen LogP contribution in [0.5, 0.6) is 0 Å². The number of nitrogens with one attached hydrogen (secondary N) is 2. The Morgan fingerprint density at radius 2 is 1.54 bits per heavy atom. The first kappa shape index (κ1) is 22.8. The van der Waals surface area contributed by atoms with Crippen LogP contribution in [0.1, 0.15) is 38.8 Å². The van der Waals surface area contributed by atoms with Gasteiger partial charge in [-0.1, -0.05) is 42.1 Å². The summed E-state index contributed by atoms with van der Waals surface area (Å²) in [5.41, 5.74) is 0.375. The van der Waals surface area contributed by atoms with Crippen LogP contribution in [-0.4, -0.2) is 11.3 Å². The maximum absolute atomic E-state index is 14.0. The van der Waals surface area contributed by atoms with Gasteiger partial charge in [0.2, 0.25) is 0 Å². The van der Waals surface area contributed by atoms with Crippen LogP contribution in [0.2, 0.25) is 0 Å². The number of hydrogen-bond acceptors (Lipinski definition) is 2. The Bertz CT molecular complexity index is 856. The number of halogens is 4. The van der Waals surface area contributed by atoms with E-state index >= 15 is 0 Å². The highest BCUT2D eigenvalue weighted by molar-refractivity contribution is 7.86. The van der Waals surface area contributed by atoms with Gasteiger partial charge in [-0.05, 0) is 36.6 Å². The maximum Gasteiger partial charge on any atom is 0.199 e. The van der Waals surface area contributed by atoms with Crippen molar-refractivity contribution in [1.29, 1.82) is 0 Å². The van der Waals surface area contributed by atoms with Gasteiger partial charge in [-0.25, -0.2) is 21.8 Å². The summed E-state index contributed by atoms with van der Waals surface area (Å²) in [5, 5.41) is 2.67. The van der Waals surface area contributed by atoms with Crippen LogP contribution in [0.3, 0.4) is 0 Å². The average molecular weight is 434 g/mol. The molecule has 3 atom stereocenters. The molecule has 0 saturated heterocycles. The van der Waals surface area contributed by atoms with Crippen LogP contribution >= 0.6 is 9.24 Å². The van der Waals surface area contributed by atoms with E-state index in [4.69, 9.17) is 0 Å². The van der Waals surface area contributed by atoms with Crippen molar-refractivity contribution < 1.29 is 21.8 Å². The van der Waals surface area contributed by atoms with Crippen molar-refractivity contribution in [3.63, 3.8) is 0 Å². The molecule has 3 nitrogen and oxygen atoms in total. The summed E-state index contributed by atoms with van der Waals surface area (Å²) in [6.07, 6.45) is 0.875. The van der Waals surface area contributed by atoms with E-state index in [0.29, 0.717) is 0 Å². The third kappa shape index (κ3) is 5.10. The van der Waals surface area contributed by atoms with Crippen LogP contribution in [0, 0.1) is 28.7 Å². The quantitative estimate of drug-likeness (QED) is 0.303. The zero-order chi connectivity index (χ0) is 21.2. The van der Waals surface area contributed by atoms with E-state index in [2.05, 4.69) is 30.8 Å². The second-order valence-corrected chi connectivity index (χ2v) is 9.38. The minimum Gasteiger partial charge on any atom is -0.313 e. The van der Waals surface area contributed by atoms with Gasteiger partial charge in [0.15, 0.2) is 23.3 Å². The summed E-state index contributed by atoms with van der Waals surface area (Å²) in [6.45, 7) is 6.38. The smallest absolute Gasteiger partial charge is 0.199 e. The number of anilines is 1. The van der Waals surface area contributed by atoms with Crippen molar-refractivity contribution in [3.8, 4) is 0 Å². The van der Waals surface area contributed by atoms with Crippen molar-refractivity contribution in [3.05, 3.63) is 53.1 Å². The first-order chi connectivity index (χ1) is 13.0. The third-order valence-corrected chi connectivity index (χ3v) is 5.79. The summed E-state index contributed by atoms with van der Waals surface area (Å²) >= 11 is 0. The topological polar surface area (TPSA) is 41.1 Å². The molecule has 0 radical (unpaired) electrons. The van der Waals surface area contributed by atoms with Crippen molar-refractivity contribution in [2.24, 2.45) is 5.41 Å². The van der Waals surface area contributed by atoms with Crippen molar-refractivity contribution in [1.82, 2.24) is 5.32 Å². The Morgan fingerprint density at radius 1 is 1.00 bits per heavy atom. The van der Waals surface area contributed by atoms with E-state index < -0.39 is 45.2 Å². The maximum atomic E-state index is 14.0. The zero-order valence-corrected chi connectivity index (χ0v) is 18.0. The lowest BCUT2D eigenvalue weighted by atomic mass is 9.85. The molecule has 0 aliphatic carbocycles. The predicted molar refractivity (Wildman–Crippen MR) is 108 cm³/mol. The van der Waals surface area contributed by atoms with Gasteiger partial charge in [0.1, 0.15) is 11.0 Å². The van der Waals surface area contributed by atoms with E-state index in [1.807, 2.05) is 7.05 Å². The predicted octanol–water partition coefficient (Wildman–Crippen LogP) is 4.57. The van der Waals surface area contributed by atoms with Crippen LogP contribution < -0.4 is 15.3 Å². The van der Waals surface area contributed by atoms with E-state index in [1.54, 1.807) is 33.5 Å². The lowest BCUT2D eigenvalue weighted by Crippen LogP contribution is -2.22. The van der Waals surface area contributed by atoms with Gasteiger partial charge in [-0.15, -0.1) is 0 Å². The Hall–Kier alpha value is -1.50. The van der Waals surface area contributed by atoms with Gasteiger partial charge >= 0.3 is 0 Å². The van der Waals surface area contributed by atoms with Crippen LogP contribution in [-0.2, 0) is 11.0 Å². The molecule has 0 fully saturated rings. The molecule has 154 valence electrons. The average Bonchev–Trinajstić information content (AvgIpc) is 2.65. The molecule has 2 aromatic carbocycles. The van der Waals surface area contributed by atoms with Crippen molar-refractivity contribution >= 4 is 31.2 Å². The highest BCUT2D eigenvalue weighted by atomic mass is 32.2. The largest absolute Gasteiger partial charge is 0.313 e. The minimum absolute atomic E-state index is 0.0897. The zero-order valence-electron chi connectivity index (χ0n) is 16.0. The molecular weight excluding hydrogens is 411 g/mol. The van der Waals surface area contributed by atoms with Gasteiger partial charge in [0.25, 0.3) is 0 Å². The van der Waals surface area contributed by atoms with E-state index in [-0.39, 0.29) is 16.4 Å². The van der Waals surface area contributed by atoms with E-state index in [9.17, 15) is 21.8 Å². The fraction of sp³-hybridized carbons (Fsp3) is 0.368. The second kappa shape index (κ2) is 8.89. The number of benzene rings is 2. The van der Waals surface area contributed by atoms with E-state index in [1.165, 1.54) is 0 Å². The molecule has 2 rings (SSSR count). The Labute approximate surface area is 167 Å². The lowest BCUT2D eigenvalue weighted by Gasteiger charge is -2.26. The van der Waals surface area contributed by atoms with Crippen molar-refractivity contribution in [2.45, 2.75) is 38.1 Å². The number of hydrogen-bond donors (Lipinski definition) is 2. The normalized spacial score (nSPS) is 14.0. The molecular formula is C19H23F4N2OPS. The summed E-state index contributed by atoms with van der Waals surface area (Å²) in [6, 6.07) is 6.83. The lowest BCUT2D eigenvalue weighted by molar-refractivity contribution is 0.321. The van der Waals surface area contributed by atoms with E-state index in [0.717, 1.165) is 12.0 Å². The molecule has 0 heterocycles. The minimum atomic E-state index is -2.00. The second-order valence-electron chi connectivity index (χ2n) is 7.59. The van der Waals surface area contributed by atoms with Crippen molar-refractivity contribution in [2.75, 3.05) is 11.8 Å². The third-order valence-electron chi connectivity index (χ3n) is 4.16. The molecule has 9 heteroatoms. The highest BCUT2D eigenvalue weighted by Gasteiger charge is 2.24. The first-order valence-electron chi connectivity index (χ1n) is 8.53. The monoisotopic (exact) mass is 434 g/mol. The highest BCUT2D eigenvalue weighted by Crippen LogP contribution is 2.30. The molecule has 0 saturated carbocycles. The van der Waals surface area contributed by atoms with Crippen LogP contribution in [0.25, 0.3) is 0 Å². The SMILES string of the molecule is CNC(CC(C)(C)C)c1ccc(S(=O)Nc2c(F)c(F)c(F)c(F)c2P)cc1. The standard InChI is InChI=1S/C19H23F4N2OPS/c1-19(2,3)9-12(24-4)10-5-7-11(8-6-10)28(26)25-17-15(22)13(20)14(21)16(23)18(17)27/h5-8,12,24-25H,9,27H2,1-4H3. The van der Waals surface area contributed by atoms with Gasteiger partial charge in [0, 0.05) is 11.3 Å². The molecule has 0 bridgehead atoms. The molecule has 2 aromatic rings. The van der Waals surface area contributed by atoms with Crippen LogP contribution in [0.15, 0.2) is 29.2 Å². The Balaban J connectivity index is 2.25. The molecule has 0 aromatic heterocycles. The molecule has 0 spiro atoms. The fourth-order valence-electron chi connectivity index (χ4n) is 2.72. The van der Waals surface area contributed by atoms with Gasteiger partial charge in [-0.3, -0.25) is 4.72 Å². The molecule has 3 unspecified atom stereocenters. The van der Waals surface area contributed by atoms with Gasteiger partial charge < -0.3 is 5.32 Å². The van der Waals surface area contributed by atoms with Crippen LogP contribution in [0.4, 0.5) is 23.2 Å². The molecule has 0 aliphatic rings. The van der Waals surface area contributed by atoms with Gasteiger partial charge in [-0.2, -0.15) is 0 Å². The van der Waals surface area contributed by atoms with Gasteiger partial charge in [0.05, 0.1) is 10.6 Å². The summed E-state index contributed by atoms with van der Waals surface area (Å²) in [4.78, 5) is 0.281. The Morgan fingerprint density at radius 3 is 2.04 bits per heavy atom. The molecule has 0 amide bonds.